The summed E-state index contributed by atoms with van der Waals surface area (Å²) in [4.78, 5) is 15.0. The molecule has 0 aliphatic carbocycles. The fourth-order valence-corrected chi connectivity index (χ4v) is 3.64. The van der Waals surface area contributed by atoms with Gasteiger partial charge < -0.3 is 10.2 Å². The molecule has 0 radical (unpaired) electrons. The zero-order valence-corrected chi connectivity index (χ0v) is 15.3. The number of nitrogens with zero attached hydrogens (tertiary/aromatic N) is 1. The van der Waals surface area contributed by atoms with Gasteiger partial charge in [0.05, 0.1) is 4.90 Å². The second kappa shape index (κ2) is 6.88. The Morgan fingerprint density at radius 2 is 1.68 bits per heavy atom. The zero-order chi connectivity index (χ0) is 18.0. The number of aryl methyl sites for hydroxylation is 1. The van der Waals surface area contributed by atoms with E-state index in [9.17, 15) is 13.2 Å². The van der Waals surface area contributed by atoms with Crippen LogP contribution in [0.15, 0.2) is 47.4 Å². The summed E-state index contributed by atoms with van der Waals surface area (Å²) in [6.45, 7) is 4.14. The SMILES string of the molecule is Cc1cc(N2CCCC2)ccc1NC(=O)c1ccc(S(C)(=O)=O)cc1. The number of hydrogen-bond donors (Lipinski definition) is 1. The van der Waals surface area contributed by atoms with Crippen LogP contribution in [-0.4, -0.2) is 33.7 Å². The van der Waals surface area contributed by atoms with E-state index in [-0.39, 0.29) is 10.8 Å². The van der Waals surface area contributed by atoms with E-state index < -0.39 is 9.84 Å². The van der Waals surface area contributed by atoms with Crippen molar-refractivity contribution in [3.05, 3.63) is 53.6 Å². The lowest BCUT2D eigenvalue weighted by Crippen LogP contribution is -2.18. The Morgan fingerprint density at radius 1 is 1.04 bits per heavy atom. The summed E-state index contributed by atoms with van der Waals surface area (Å²) in [5.74, 6) is -0.253. The second-order valence-corrected chi connectivity index (χ2v) is 8.46. The average molecular weight is 358 g/mol. The number of sulfone groups is 1. The number of hydrogen-bond acceptors (Lipinski definition) is 4. The number of anilines is 2. The van der Waals surface area contributed by atoms with E-state index in [0.717, 1.165) is 30.6 Å². The molecule has 1 N–H and O–H groups in total. The highest BCUT2D eigenvalue weighted by molar-refractivity contribution is 7.90. The van der Waals surface area contributed by atoms with Crippen molar-refractivity contribution in [2.75, 3.05) is 29.6 Å². The van der Waals surface area contributed by atoms with Crippen LogP contribution in [-0.2, 0) is 9.84 Å². The third-order valence-corrected chi connectivity index (χ3v) is 5.60. The summed E-state index contributed by atoms with van der Waals surface area (Å²) >= 11 is 0. The molecule has 0 aromatic heterocycles. The van der Waals surface area contributed by atoms with Gasteiger partial charge in [-0.15, -0.1) is 0 Å². The summed E-state index contributed by atoms with van der Waals surface area (Å²) in [7, 11) is -3.26. The molecule has 1 saturated heterocycles. The molecule has 0 atom stereocenters. The van der Waals surface area contributed by atoms with Crippen molar-refractivity contribution in [1.29, 1.82) is 0 Å². The quantitative estimate of drug-likeness (QED) is 0.911. The summed E-state index contributed by atoms with van der Waals surface area (Å²) in [5, 5.41) is 2.90. The fourth-order valence-electron chi connectivity index (χ4n) is 3.01. The topological polar surface area (TPSA) is 66.5 Å². The third-order valence-electron chi connectivity index (χ3n) is 4.47. The van der Waals surface area contributed by atoms with Crippen molar-refractivity contribution in [1.82, 2.24) is 0 Å². The molecule has 1 amide bonds. The first-order chi connectivity index (χ1) is 11.8. The molecule has 0 spiro atoms. The van der Waals surface area contributed by atoms with E-state index in [2.05, 4.69) is 16.3 Å². The molecule has 1 aliphatic rings. The first kappa shape index (κ1) is 17.5. The Balaban J connectivity index is 1.74. The van der Waals surface area contributed by atoms with E-state index in [1.54, 1.807) is 0 Å². The monoisotopic (exact) mass is 358 g/mol. The number of carbonyl (C=O) groups excluding carboxylic acids is 1. The molecule has 0 bridgehead atoms. The van der Waals surface area contributed by atoms with Crippen LogP contribution < -0.4 is 10.2 Å². The maximum atomic E-state index is 12.4. The largest absolute Gasteiger partial charge is 0.372 e. The van der Waals surface area contributed by atoms with Crippen LogP contribution in [0.3, 0.4) is 0 Å². The summed E-state index contributed by atoms with van der Waals surface area (Å²) < 4.78 is 23.0. The van der Waals surface area contributed by atoms with Gasteiger partial charge >= 0.3 is 0 Å². The predicted octanol–water partition coefficient (Wildman–Crippen LogP) is 3.25. The number of rotatable bonds is 4. The third kappa shape index (κ3) is 4.02. The van der Waals surface area contributed by atoms with Crippen molar-refractivity contribution in [2.24, 2.45) is 0 Å². The minimum absolute atomic E-state index is 0.204. The van der Waals surface area contributed by atoms with Crippen LogP contribution in [0.5, 0.6) is 0 Å². The van der Waals surface area contributed by atoms with Crippen LogP contribution in [0, 0.1) is 6.92 Å². The lowest BCUT2D eigenvalue weighted by molar-refractivity contribution is 0.102. The van der Waals surface area contributed by atoms with Crippen molar-refractivity contribution >= 4 is 27.1 Å². The Morgan fingerprint density at radius 3 is 2.24 bits per heavy atom. The lowest BCUT2D eigenvalue weighted by Gasteiger charge is -2.19. The van der Waals surface area contributed by atoms with Crippen molar-refractivity contribution in [2.45, 2.75) is 24.7 Å². The zero-order valence-electron chi connectivity index (χ0n) is 14.5. The number of benzene rings is 2. The molecule has 132 valence electrons. The van der Waals surface area contributed by atoms with Crippen LogP contribution in [0.1, 0.15) is 28.8 Å². The van der Waals surface area contributed by atoms with Gasteiger partial charge in [-0.1, -0.05) is 0 Å². The molecule has 1 fully saturated rings. The van der Waals surface area contributed by atoms with Gasteiger partial charge in [0.15, 0.2) is 9.84 Å². The molecular weight excluding hydrogens is 336 g/mol. The first-order valence-corrected chi connectivity index (χ1v) is 10.2. The summed E-state index contributed by atoms with van der Waals surface area (Å²) in [6, 6.07) is 12.0. The Labute approximate surface area is 148 Å². The van der Waals surface area contributed by atoms with E-state index in [1.165, 1.54) is 42.8 Å². The summed E-state index contributed by atoms with van der Waals surface area (Å²) in [6.07, 6.45) is 3.59. The fraction of sp³-hybridized carbons (Fsp3) is 0.316. The van der Waals surface area contributed by atoms with Crippen LogP contribution in [0.25, 0.3) is 0 Å². The van der Waals surface area contributed by atoms with E-state index in [4.69, 9.17) is 0 Å². The molecule has 5 nitrogen and oxygen atoms in total. The van der Waals surface area contributed by atoms with Gasteiger partial charge in [0.25, 0.3) is 5.91 Å². The maximum absolute atomic E-state index is 12.4. The number of amides is 1. The molecule has 25 heavy (non-hydrogen) atoms. The van der Waals surface area contributed by atoms with Gasteiger partial charge in [0.1, 0.15) is 0 Å². The lowest BCUT2D eigenvalue weighted by atomic mass is 10.1. The van der Waals surface area contributed by atoms with Gasteiger partial charge in [0, 0.05) is 36.3 Å². The molecule has 0 saturated carbocycles. The Bertz CT molecular complexity index is 883. The summed E-state index contributed by atoms with van der Waals surface area (Å²) in [5.41, 5.74) is 3.38. The number of carbonyl (C=O) groups is 1. The van der Waals surface area contributed by atoms with Gasteiger partial charge in [0.2, 0.25) is 0 Å². The molecule has 2 aromatic carbocycles. The second-order valence-electron chi connectivity index (χ2n) is 6.44. The van der Waals surface area contributed by atoms with Crippen LogP contribution in [0.4, 0.5) is 11.4 Å². The van der Waals surface area contributed by atoms with E-state index in [1.807, 2.05) is 19.1 Å². The molecule has 2 aromatic rings. The standard InChI is InChI=1S/C19H22N2O3S/c1-14-13-16(21-11-3-4-12-21)7-10-18(14)20-19(22)15-5-8-17(9-6-15)25(2,23)24/h5-10,13H,3-4,11-12H2,1-2H3,(H,20,22). The highest BCUT2D eigenvalue weighted by Gasteiger charge is 2.14. The van der Waals surface area contributed by atoms with Crippen molar-refractivity contribution in [3.63, 3.8) is 0 Å². The maximum Gasteiger partial charge on any atom is 0.255 e. The highest BCUT2D eigenvalue weighted by atomic mass is 32.2. The molecule has 3 rings (SSSR count). The van der Waals surface area contributed by atoms with E-state index >= 15 is 0 Å². The molecular formula is C19H22N2O3S. The van der Waals surface area contributed by atoms with Crippen molar-refractivity contribution < 1.29 is 13.2 Å². The smallest absolute Gasteiger partial charge is 0.255 e. The van der Waals surface area contributed by atoms with Gasteiger partial charge in [-0.3, -0.25) is 4.79 Å². The molecule has 1 heterocycles. The van der Waals surface area contributed by atoms with Gasteiger partial charge in [-0.2, -0.15) is 0 Å². The van der Waals surface area contributed by atoms with Crippen LogP contribution in [0.2, 0.25) is 0 Å². The Kier molecular flexibility index (Phi) is 4.81. The molecule has 1 aliphatic heterocycles. The normalized spacial score (nSPS) is 14.6. The average Bonchev–Trinajstić information content (AvgIpc) is 3.10. The Hall–Kier alpha value is -2.34. The van der Waals surface area contributed by atoms with Gasteiger partial charge in [-0.05, 0) is 67.8 Å². The minimum Gasteiger partial charge on any atom is -0.372 e. The van der Waals surface area contributed by atoms with Gasteiger partial charge in [-0.25, -0.2) is 8.42 Å². The number of nitrogens with one attached hydrogen (secondary N) is 1. The molecule has 0 unspecified atom stereocenters. The predicted molar refractivity (Wildman–Crippen MR) is 100 cm³/mol. The van der Waals surface area contributed by atoms with E-state index in [0.29, 0.717) is 5.56 Å². The molecule has 6 heteroatoms. The van der Waals surface area contributed by atoms with Crippen molar-refractivity contribution in [3.8, 4) is 0 Å². The highest BCUT2D eigenvalue weighted by Crippen LogP contribution is 2.26. The van der Waals surface area contributed by atoms with Crippen LogP contribution >= 0.6 is 0 Å². The minimum atomic E-state index is -3.26. The first-order valence-electron chi connectivity index (χ1n) is 8.32.